The molecule has 0 bridgehead atoms. The van der Waals surface area contributed by atoms with Crippen LogP contribution in [0.2, 0.25) is 0 Å². The van der Waals surface area contributed by atoms with Crippen molar-refractivity contribution in [1.82, 2.24) is 10.3 Å². The number of rotatable bonds is 1. The lowest BCUT2D eigenvalue weighted by Gasteiger charge is -2.27. The molecular formula is C16H26N2O3. The number of H-pyrrole nitrogens is 1. The molecule has 5 heteroatoms. The molecule has 1 aromatic heterocycles. The Morgan fingerprint density at radius 1 is 1.33 bits per heavy atom. The molecule has 1 aliphatic rings. The summed E-state index contributed by atoms with van der Waals surface area (Å²) in [5, 5.41) is 2.88. The van der Waals surface area contributed by atoms with Crippen LogP contribution in [0.15, 0.2) is 16.9 Å². The molecule has 1 aromatic rings. The van der Waals surface area contributed by atoms with E-state index in [1.165, 1.54) is 6.07 Å². The predicted molar refractivity (Wildman–Crippen MR) is 83.6 cm³/mol. The van der Waals surface area contributed by atoms with Crippen LogP contribution in [0.3, 0.4) is 0 Å². The molecule has 0 spiro atoms. The highest BCUT2D eigenvalue weighted by Crippen LogP contribution is 2.18. The fraction of sp³-hybridized carbons (Fsp3) is 0.625. The molecule has 1 atom stereocenters. The van der Waals surface area contributed by atoms with Gasteiger partial charge in [0.25, 0.3) is 0 Å². The molecule has 1 amide bonds. The van der Waals surface area contributed by atoms with Crippen molar-refractivity contribution in [2.24, 2.45) is 0 Å². The van der Waals surface area contributed by atoms with E-state index in [1.54, 1.807) is 0 Å². The van der Waals surface area contributed by atoms with Gasteiger partial charge in [0.1, 0.15) is 5.60 Å². The van der Waals surface area contributed by atoms with E-state index >= 15 is 0 Å². The number of carbonyl (C=O) groups is 1. The van der Waals surface area contributed by atoms with Gasteiger partial charge in [-0.05, 0) is 45.6 Å². The molecule has 2 rings (SSSR count). The van der Waals surface area contributed by atoms with Gasteiger partial charge >= 0.3 is 6.09 Å². The first-order valence-electron chi connectivity index (χ1n) is 7.54. The third-order valence-corrected chi connectivity index (χ3v) is 3.03. The monoisotopic (exact) mass is 294 g/mol. The van der Waals surface area contributed by atoms with Gasteiger partial charge in [-0.1, -0.05) is 19.9 Å². The molecule has 1 unspecified atom stereocenters. The highest BCUT2D eigenvalue weighted by atomic mass is 16.6. The second-order valence-corrected chi connectivity index (χ2v) is 5.91. The topological polar surface area (TPSA) is 71.2 Å². The van der Waals surface area contributed by atoms with E-state index < -0.39 is 5.60 Å². The molecular weight excluding hydrogens is 268 g/mol. The van der Waals surface area contributed by atoms with Crippen LogP contribution >= 0.6 is 0 Å². The minimum atomic E-state index is -0.484. The fourth-order valence-corrected chi connectivity index (χ4v) is 2.25. The summed E-state index contributed by atoms with van der Waals surface area (Å²) < 4.78 is 5.24. The number of aryl methyl sites for hydroxylation is 1. The molecule has 0 saturated carbocycles. The standard InChI is InChI=1S/C14H20N2O3.C2H6/c1-14(2,3)19-13(18)15-10-5-6-11-9(8-10)4-7-12(17)16-11;1-2/h4,7,10H,5-6,8H2,1-3H3,(H,15,18)(H,16,17);1-2H3. The first-order valence-corrected chi connectivity index (χ1v) is 7.54. The average molecular weight is 294 g/mol. The highest BCUT2D eigenvalue weighted by molar-refractivity contribution is 5.68. The summed E-state index contributed by atoms with van der Waals surface area (Å²) in [4.78, 5) is 25.8. The van der Waals surface area contributed by atoms with Crippen molar-refractivity contribution < 1.29 is 9.53 Å². The molecule has 0 radical (unpaired) electrons. The number of hydrogen-bond donors (Lipinski definition) is 2. The molecule has 2 N–H and O–H groups in total. The average Bonchev–Trinajstić information content (AvgIpc) is 2.39. The van der Waals surface area contributed by atoms with Crippen molar-refractivity contribution in [3.63, 3.8) is 0 Å². The van der Waals surface area contributed by atoms with Crippen LogP contribution in [0, 0.1) is 0 Å². The van der Waals surface area contributed by atoms with Crippen LogP contribution in [-0.4, -0.2) is 22.7 Å². The number of carbonyl (C=O) groups excluding carboxylic acids is 1. The Bertz CT molecular complexity index is 529. The third kappa shape index (κ3) is 5.61. The van der Waals surface area contributed by atoms with Crippen molar-refractivity contribution in [3.05, 3.63) is 33.7 Å². The van der Waals surface area contributed by atoms with Gasteiger partial charge in [0.2, 0.25) is 5.56 Å². The number of alkyl carbamates (subject to hydrolysis) is 1. The van der Waals surface area contributed by atoms with Gasteiger partial charge in [-0.2, -0.15) is 0 Å². The maximum Gasteiger partial charge on any atom is 0.407 e. The Labute approximate surface area is 126 Å². The van der Waals surface area contributed by atoms with Crippen molar-refractivity contribution in [1.29, 1.82) is 0 Å². The number of hydrogen-bond acceptors (Lipinski definition) is 3. The summed E-state index contributed by atoms with van der Waals surface area (Å²) in [6.45, 7) is 9.52. The lowest BCUT2D eigenvalue weighted by Crippen LogP contribution is -2.42. The molecule has 0 fully saturated rings. The second-order valence-electron chi connectivity index (χ2n) is 5.91. The van der Waals surface area contributed by atoms with Crippen LogP contribution in [-0.2, 0) is 17.6 Å². The normalized spacial score (nSPS) is 17.1. The maximum absolute atomic E-state index is 11.7. The summed E-state index contributed by atoms with van der Waals surface area (Å²) in [5.41, 5.74) is 1.51. The van der Waals surface area contributed by atoms with Gasteiger partial charge in [0, 0.05) is 17.8 Å². The van der Waals surface area contributed by atoms with Crippen LogP contribution in [0.25, 0.3) is 0 Å². The summed E-state index contributed by atoms with van der Waals surface area (Å²) in [6.07, 6.45) is 1.93. The summed E-state index contributed by atoms with van der Waals surface area (Å²) in [6, 6.07) is 3.42. The second kappa shape index (κ2) is 7.29. The van der Waals surface area contributed by atoms with E-state index in [0.29, 0.717) is 0 Å². The van der Waals surface area contributed by atoms with E-state index in [-0.39, 0.29) is 17.7 Å². The number of nitrogens with one attached hydrogen (secondary N) is 2. The minimum Gasteiger partial charge on any atom is -0.444 e. The van der Waals surface area contributed by atoms with Crippen LogP contribution < -0.4 is 10.9 Å². The summed E-state index contributed by atoms with van der Waals surface area (Å²) >= 11 is 0. The Balaban J connectivity index is 0.00000106. The smallest absolute Gasteiger partial charge is 0.407 e. The van der Waals surface area contributed by atoms with E-state index in [4.69, 9.17) is 4.74 Å². The Kier molecular flexibility index (Phi) is 6.00. The van der Waals surface area contributed by atoms with Gasteiger partial charge in [-0.3, -0.25) is 4.79 Å². The van der Waals surface area contributed by atoms with E-state index in [0.717, 1.165) is 30.5 Å². The lowest BCUT2D eigenvalue weighted by molar-refractivity contribution is 0.0500. The van der Waals surface area contributed by atoms with Crippen molar-refractivity contribution >= 4 is 6.09 Å². The zero-order valence-electron chi connectivity index (χ0n) is 13.6. The molecule has 118 valence electrons. The number of pyridine rings is 1. The Morgan fingerprint density at radius 3 is 2.62 bits per heavy atom. The van der Waals surface area contributed by atoms with Crippen molar-refractivity contribution in [3.8, 4) is 0 Å². The summed E-state index contributed by atoms with van der Waals surface area (Å²) in [5.74, 6) is 0. The number of fused-ring (bicyclic) bond motifs is 1. The quantitative estimate of drug-likeness (QED) is 0.836. The molecule has 0 aromatic carbocycles. The molecule has 21 heavy (non-hydrogen) atoms. The predicted octanol–water partition coefficient (Wildman–Crippen LogP) is 2.78. The highest BCUT2D eigenvalue weighted by Gasteiger charge is 2.23. The van der Waals surface area contributed by atoms with Crippen molar-refractivity contribution in [2.45, 2.75) is 65.5 Å². The fourth-order valence-electron chi connectivity index (χ4n) is 2.25. The molecule has 0 saturated heterocycles. The maximum atomic E-state index is 11.7. The van der Waals surface area contributed by atoms with E-state index in [2.05, 4.69) is 10.3 Å². The number of ether oxygens (including phenoxy) is 1. The zero-order valence-corrected chi connectivity index (χ0v) is 13.6. The first kappa shape index (κ1) is 17.3. The largest absolute Gasteiger partial charge is 0.444 e. The van der Waals surface area contributed by atoms with Crippen molar-refractivity contribution in [2.75, 3.05) is 0 Å². The lowest BCUT2D eigenvalue weighted by atomic mass is 9.92. The first-order chi connectivity index (χ1) is 9.83. The Morgan fingerprint density at radius 2 is 2.00 bits per heavy atom. The number of amides is 1. The molecule has 1 heterocycles. The van der Waals surface area contributed by atoms with Crippen LogP contribution in [0.1, 0.15) is 52.3 Å². The van der Waals surface area contributed by atoms with E-state index in [1.807, 2.05) is 40.7 Å². The van der Waals surface area contributed by atoms with Gasteiger partial charge in [-0.15, -0.1) is 0 Å². The van der Waals surface area contributed by atoms with Gasteiger partial charge in [0.15, 0.2) is 0 Å². The third-order valence-electron chi connectivity index (χ3n) is 3.03. The van der Waals surface area contributed by atoms with Crippen LogP contribution in [0.4, 0.5) is 4.79 Å². The summed E-state index contributed by atoms with van der Waals surface area (Å²) in [7, 11) is 0. The Hall–Kier alpha value is -1.78. The molecule has 0 aliphatic heterocycles. The number of aromatic amines is 1. The molecule has 5 nitrogen and oxygen atoms in total. The van der Waals surface area contributed by atoms with Gasteiger partial charge < -0.3 is 15.0 Å². The zero-order chi connectivity index (χ0) is 16.0. The van der Waals surface area contributed by atoms with Gasteiger partial charge in [0.05, 0.1) is 0 Å². The van der Waals surface area contributed by atoms with Crippen LogP contribution in [0.5, 0.6) is 0 Å². The number of aromatic nitrogens is 1. The minimum absolute atomic E-state index is 0.0632. The molecule has 1 aliphatic carbocycles. The van der Waals surface area contributed by atoms with Gasteiger partial charge in [-0.25, -0.2) is 4.79 Å². The van der Waals surface area contributed by atoms with E-state index in [9.17, 15) is 9.59 Å². The SMILES string of the molecule is CC.CC(C)(C)OC(=O)NC1CCc2[nH]c(=O)ccc2C1.